The van der Waals surface area contributed by atoms with Gasteiger partial charge in [-0.15, -0.1) is 0 Å². The highest BCUT2D eigenvalue weighted by molar-refractivity contribution is 5.49. The van der Waals surface area contributed by atoms with Gasteiger partial charge in [0.05, 0.1) is 0 Å². The van der Waals surface area contributed by atoms with Crippen molar-refractivity contribution in [1.82, 2.24) is 9.97 Å². The van der Waals surface area contributed by atoms with Crippen molar-refractivity contribution in [2.24, 2.45) is 0 Å². The van der Waals surface area contributed by atoms with Gasteiger partial charge in [0.2, 0.25) is 0 Å². The first-order valence-electron chi connectivity index (χ1n) is 6.94. The molecule has 0 atom stereocenters. The number of hydrogen-bond acceptors (Lipinski definition) is 4. The summed E-state index contributed by atoms with van der Waals surface area (Å²) in [5.74, 6) is 1.35. The molecule has 7 heteroatoms. The Morgan fingerprint density at radius 1 is 1.19 bits per heavy atom. The quantitative estimate of drug-likeness (QED) is 0.902. The molecule has 21 heavy (non-hydrogen) atoms. The van der Waals surface area contributed by atoms with E-state index in [9.17, 15) is 13.2 Å². The summed E-state index contributed by atoms with van der Waals surface area (Å²) in [7, 11) is 1.38. The van der Waals surface area contributed by atoms with Crippen molar-refractivity contribution in [1.29, 1.82) is 0 Å². The minimum atomic E-state index is -4.27. The van der Waals surface area contributed by atoms with Crippen LogP contribution in [0, 0.1) is 0 Å². The third-order valence-corrected chi connectivity index (χ3v) is 2.75. The first kappa shape index (κ1) is 17.5. The monoisotopic (exact) mass is 304 g/mol. The van der Waals surface area contributed by atoms with Gasteiger partial charge in [0.1, 0.15) is 24.0 Å². The Morgan fingerprint density at radius 2 is 1.81 bits per heavy atom. The van der Waals surface area contributed by atoms with E-state index in [0.717, 1.165) is 11.3 Å². The van der Waals surface area contributed by atoms with Gasteiger partial charge in [-0.2, -0.15) is 13.2 Å². The first-order valence-corrected chi connectivity index (χ1v) is 6.94. The predicted molar refractivity (Wildman–Crippen MR) is 78.8 cm³/mol. The second-order valence-corrected chi connectivity index (χ2v) is 6.08. The molecule has 1 N–H and O–H groups in total. The molecule has 1 rings (SSSR count). The van der Waals surface area contributed by atoms with Crippen molar-refractivity contribution < 1.29 is 13.2 Å². The summed E-state index contributed by atoms with van der Waals surface area (Å²) in [6, 6.07) is 1.55. The van der Waals surface area contributed by atoms with Crippen LogP contribution in [0.4, 0.5) is 24.8 Å². The van der Waals surface area contributed by atoms with E-state index in [4.69, 9.17) is 0 Å². The maximum absolute atomic E-state index is 12.5. The van der Waals surface area contributed by atoms with Crippen molar-refractivity contribution in [2.75, 3.05) is 30.4 Å². The molecule has 1 aromatic heterocycles. The van der Waals surface area contributed by atoms with Gasteiger partial charge in [-0.3, -0.25) is 0 Å². The molecule has 0 aliphatic carbocycles. The molecule has 0 aliphatic heterocycles. The maximum Gasteiger partial charge on any atom is 0.405 e. The van der Waals surface area contributed by atoms with Crippen LogP contribution in [0.5, 0.6) is 0 Å². The average Bonchev–Trinajstić information content (AvgIpc) is 2.33. The van der Waals surface area contributed by atoms with Crippen molar-refractivity contribution in [3.05, 3.63) is 11.9 Å². The minimum absolute atomic E-state index is 0.269. The molecule has 0 bridgehead atoms. The van der Waals surface area contributed by atoms with E-state index >= 15 is 0 Å². The lowest BCUT2D eigenvalue weighted by Crippen LogP contribution is -2.32. The summed E-state index contributed by atoms with van der Waals surface area (Å²) in [6.45, 7) is 7.47. The average molecular weight is 304 g/mol. The number of halogens is 3. The molecule has 120 valence electrons. The molecule has 0 amide bonds. The summed E-state index contributed by atoms with van der Waals surface area (Å²) in [6.07, 6.45) is -3.36. The summed E-state index contributed by atoms with van der Waals surface area (Å²) < 4.78 is 37.6. The fraction of sp³-hybridized carbons (Fsp3) is 0.714. The highest BCUT2D eigenvalue weighted by Gasteiger charge is 2.30. The second-order valence-electron chi connectivity index (χ2n) is 6.08. The molecular weight excluding hydrogens is 281 g/mol. The van der Waals surface area contributed by atoms with Crippen LogP contribution < -0.4 is 10.2 Å². The zero-order chi connectivity index (χ0) is 16.3. The van der Waals surface area contributed by atoms with Crippen molar-refractivity contribution in [3.8, 4) is 0 Å². The topological polar surface area (TPSA) is 41.0 Å². The van der Waals surface area contributed by atoms with Gasteiger partial charge in [0, 0.05) is 25.1 Å². The molecule has 0 saturated carbocycles. The highest BCUT2D eigenvalue weighted by Crippen LogP contribution is 2.25. The first-order chi connectivity index (χ1) is 9.53. The Morgan fingerprint density at radius 3 is 2.29 bits per heavy atom. The SMILES string of the molecule is CCCNc1cc(N(C)CC(F)(F)F)nc(C(C)(C)C)n1. The van der Waals surface area contributed by atoms with Gasteiger partial charge in [-0.05, 0) is 6.42 Å². The predicted octanol–water partition coefficient (Wildman–Crippen LogP) is 3.59. The van der Waals surface area contributed by atoms with E-state index < -0.39 is 12.7 Å². The fourth-order valence-electron chi connectivity index (χ4n) is 1.66. The van der Waals surface area contributed by atoms with E-state index in [1.807, 2.05) is 27.7 Å². The molecule has 1 heterocycles. The van der Waals surface area contributed by atoms with Crippen molar-refractivity contribution in [3.63, 3.8) is 0 Å². The lowest BCUT2D eigenvalue weighted by atomic mass is 9.96. The molecule has 0 fully saturated rings. The van der Waals surface area contributed by atoms with Crippen LogP contribution in [-0.2, 0) is 5.41 Å². The van der Waals surface area contributed by atoms with Crippen LogP contribution in [0.1, 0.15) is 39.9 Å². The lowest BCUT2D eigenvalue weighted by Gasteiger charge is -2.24. The zero-order valence-electron chi connectivity index (χ0n) is 13.2. The number of aromatic nitrogens is 2. The van der Waals surface area contributed by atoms with Gasteiger partial charge in [0.25, 0.3) is 0 Å². The van der Waals surface area contributed by atoms with E-state index in [1.165, 1.54) is 7.05 Å². The molecule has 0 saturated heterocycles. The number of rotatable bonds is 5. The zero-order valence-corrected chi connectivity index (χ0v) is 13.2. The van der Waals surface area contributed by atoms with Crippen molar-refractivity contribution >= 4 is 11.6 Å². The Hall–Kier alpha value is -1.53. The third kappa shape index (κ3) is 5.77. The lowest BCUT2D eigenvalue weighted by molar-refractivity contribution is -0.119. The van der Waals surface area contributed by atoms with Crippen LogP contribution in [-0.4, -0.2) is 36.3 Å². The minimum Gasteiger partial charge on any atom is -0.370 e. The number of nitrogens with one attached hydrogen (secondary N) is 1. The fourth-order valence-corrected chi connectivity index (χ4v) is 1.66. The molecule has 0 spiro atoms. The van der Waals surface area contributed by atoms with E-state index in [0.29, 0.717) is 18.2 Å². The number of nitrogens with zero attached hydrogens (tertiary/aromatic N) is 3. The van der Waals surface area contributed by atoms with Gasteiger partial charge < -0.3 is 10.2 Å². The summed E-state index contributed by atoms with van der Waals surface area (Å²) >= 11 is 0. The molecule has 0 aliphatic rings. The van der Waals surface area contributed by atoms with Crippen LogP contribution in [0.3, 0.4) is 0 Å². The summed E-state index contributed by atoms with van der Waals surface area (Å²) in [4.78, 5) is 9.75. The maximum atomic E-state index is 12.5. The molecule has 1 aromatic rings. The largest absolute Gasteiger partial charge is 0.405 e. The van der Waals surface area contributed by atoms with E-state index in [2.05, 4.69) is 15.3 Å². The smallest absolute Gasteiger partial charge is 0.370 e. The van der Waals surface area contributed by atoms with Crippen molar-refractivity contribution in [2.45, 2.75) is 45.7 Å². The number of alkyl halides is 3. The van der Waals surface area contributed by atoms with E-state index in [1.54, 1.807) is 6.07 Å². The van der Waals surface area contributed by atoms with Crippen LogP contribution in [0.25, 0.3) is 0 Å². The molecule has 0 aromatic carbocycles. The summed E-state index contributed by atoms with van der Waals surface area (Å²) in [5, 5.41) is 3.11. The molecular formula is C14H23F3N4. The normalized spacial score (nSPS) is 12.4. The summed E-state index contributed by atoms with van der Waals surface area (Å²) in [5.41, 5.74) is -0.336. The Bertz CT molecular complexity index is 466. The van der Waals surface area contributed by atoms with Gasteiger partial charge in [0.15, 0.2) is 0 Å². The highest BCUT2D eigenvalue weighted by atomic mass is 19.4. The van der Waals surface area contributed by atoms with Gasteiger partial charge in [-0.25, -0.2) is 9.97 Å². The molecule has 4 nitrogen and oxygen atoms in total. The van der Waals surface area contributed by atoms with Crippen LogP contribution >= 0.6 is 0 Å². The van der Waals surface area contributed by atoms with Gasteiger partial charge in [-0.1, -0.05) is 27.7 Å². The van der Waals surface area contributed by atoms with Crippen LogP contribution in [0.15, 0.2) is 6.07 Å². The number of anilines is 2. The molecule has 0 unspecified atom stereocenters. The second kappa shape index (κ2) is 6.49. The Kier molecular flexibility index (Phi) is 5.42. The third-order valence-electron chi connectivity index (χ3n) is 2.75. The molecule has 0 radical (unpaired) electrons. The Labute approximate surface area is 123 Å². The van der Waals surface area contributed by atoms with Crippen LogP contribution in [0.2, 0.25) is 0 Å². The van der Waals surface area contributed by atoms with E-state index in [-0.39, 0.29) is 11.2 Å². The van der Waals surface area contributed by atoms with Gasteiger partial charge >= 0.3 is 6.18 Å². The standard InChI is InChI=1S/C14H23F3N4/c1-6-7-18-10-8-11(21(5)9-14(15,16)17)20-12(19-10)13(2,3)4/h8H,6-7,9H2,1-5H3,(H,18,19,20). The Balaban J connectivity index is 3.12. The number of hydrogen-bond donors (Lipinski definition) is 1.